The van der Waals surface area contributed by atoms with Crippen LogP contribution in [0.2, 0.25) is 0 Å². The van der Waals surface area contributed by atoms with Gasteiger partial charge in [0.05, 0.1) is 0 Å². The Kier molecular flexibility index (Phi) is 7.87. The molecule has 0 aliphatic carbocycles. The summed E-state index contributed by atoms with van der Waals surface area (Å²) in [6.45, 7) is 11.9. The maximum Gasteiger partial charge on any atom is 0.0434 e. The van der Waals surface area contributed by atoms with E-state index in [1.807, 2.05) is 0 Å². The van der Waals surface area contributed by atoms with Crippen molar-refractivity contribution >= 4 is 0 Å². The quantitative estimate of drug-likeness (QED) is 0.698. The van der Waals surface area contributed by atoms with Gasteiger partial charge >= 0.3 is 0 Å². The summed E-state index contributed by atoms with van der Waals surface area (Å²) in [6.07, 6.45) is 4.80. The third kappa shape index (κ3) is 5.25. The lowest BCUT2D eigenvalue weighted by Gasteiger charge is -2.36. The van der Waals surface area contributed by atoms with Gasteiger partial charge < -0.3 is 15.3 Å². The van der Waals surface area contributed by atoms with E-state index in [-0.39, 0.29) is 0 Å². The van der Waals surface area contributed by atoms with E-state index in [1.165, 1.54) is 32.5 Å². The second-order valence-electron chi connectivity index (χ2n) is 5.78. The van der Waals surface area contributed by atoms with E-state index in [9.17, 15) is 0 Å². The first-order chi connectivity index (χ1) is 8.71. The normalized spacial score (nSPS) is 25.0. The molecule has 0 spiro atoms. The van der Waals surface area contributed by atoms with Gasteiger partial charge in [-0.15, -0.1) is 0 Å². The minimum atomic E-state index is 0.321. The number of rotatable bonds is 8. The molecule has 18 heavy (non-hydrogen) atoms. The Bertz CT molecular complexity index is 211. The van der Waals surface area contributed by atoms with Crippen LogP contribution in [0.1, 0.15) is 46.5 Å². The summed E-state index contributed by atoms with van der Waals surface area (Å²) >= 11 is 0. The minimum Gasteiger partial charge on any atom is -0.396 e. The number of hydrogen-bond acceptors (Lipinski definition) is 3. The van der Waals surface area contributed by atoms with E-state index in [2.05, 4.69) is 31.0 Å². The molecule has 108 valence electrons. The molecule has 3 unspecified atom stereocenters. The van der Waals surface area contributed by atoms with Gasteiger partial charge in [-0.1, -0.05) is 20.3 Å². The molecule has 0 aromatic carbocycles. The monoisotopic (exact) mass is 256 g/mol. The van der Waals surface area contributed by atoms with Crippen molar-refractivity contribution < 1.29 is 5.11 Å². The van der Waals surface area contributed by atoms with Crippen LogP contribution in [0.4, 0.5) is 0 Å². The Balaban J connectivity index is 2.28. The van der Waals surface area contributed by atoms with Crippen LogP contribution < -0.4 is 5.32 Å². The van der Waals surface area contributed by atoms with Crippen LogP contribution in [0.15, 0.2) is 0 Å². The van der Waals surface area contributed by atoms with Crippen molar-refractivity contribution in [3.8, 4) is 0 Å². The second-order valence-corrected chi connectivity index (χ2v) is 5.78. The second kappa shape index (κ2) is 8.89. The third-order valence-corrected chi connectivity index (χ3v) is 4.54. The van der Waals surface area contributed by atoms with Crippen LogP contribution in [0.3, 0.4) is 0 Å². The molecule has 0 aromatic rings. The first-order valence-corrected chi connectivity index (χ1v) is 7.77. The van der Waals surface area contributed by atoms with Crippen molar-refractivity contribution in [3.05, 3.63) is 0 Å². The highest BCUT2D eigenvalue weighted by Crippen LogP contribution is 2.20. The van der Waals surface area contributed by atoms with Crippen molar-refractivity contribution in [2.75, 3.05) is 32.8 Å². The summed E-state index contributed by atoms with van der Waals surface area (Å²) in [5.41, 5.74) is 0. The molecular weight excluding hydrogens is 224 g/mol. The molecule has 1 aliphatic heterocycles. The predicted octanol–water partition coefficient (Wildman–Crippen LogP) is 2.10. The van der Waals surface area contributed by atoms with Crippen molar-refractivity contribution in [1.82, 2.24) is 10.2 Å². The highest BCUT2D eigenvalue weighted by atomic mass is 16.3. The molecule has 1 heterocycles. The summed E-state index contributed by atoms with van der Waals surface area (Å²) in [6, 6.07) is 0.604. The first kappa shape index (κ1) is 15.9. The van der Waals surface area contributed by atoms with Crippen LogP contribution in [0.5, 0.6) is 0 Å². The first-order valence-electron chi connectivity index (χ1n) is 7.77. The molecule has 0 saturated carbocycles. The van der Waals surface area contributed by atoms with Crippen LogP contribution in [0.25, 0.3) is 0 Å². The molecule has 3 nitrogen and oxygen atoms in total. The Morgan fingerprint density at radius 1 is 1.39 bits per heavy atom. The highest BCUT2D eigenvalue weighted by Gasteiger charge is 2.23. The van der Waals surface area contributed by atoms with Gasteiger partial charge in [0, 0.05) is 19.2 Å². The van der Waals surface area contributed by atoms with E-state index in [0.29, 0.717) is 18.6 Å². The molecule has 0 bridgehead atoms. The lowest BCUT2D eigenvalue weighted by molar-refractivity contribution is 0.153. The fourth-order valence-corrected chi connectivity index (χ4v) is 2.94. The van der Waals surface area contributed by atoms with Gasteiger partial charge in [0.1, 0.15) is 0 Å². The molecular formula is C15H32N2O. The van der Waals surface area contributed by atoms with Gasteiger partial charge in [-0.05, 0) is 57.7 Å². The minimum absolute atomic E-state index is 0.321. The average molecular weight is 256 g/mol. The zero-order chi connectivity index (χ0) is 13.4. The van der Waals surface area contributed by atoms with Crippen molar-refractivity contribution in [2.24, 2.45) is 11.8 Å². The number of piperidine rings is 1. The Hall–Kier alpha value is -0.120. The van der Waals surface area contributed by atoms with Crippen LogP contribution in [-0.4, -0.2) is 48.8 Å². The lowest BCUT2D eigenvalue weighted by Crippen LogP contribution is -2.45. The van der Waals surface area contributed by atoms with Crippen molar-refractivity contribution in [2.45, 2.75) is 52.5 Å². The number of nitrogens with one attached hydrogen (secondary N) is 1. The standard InChI is InChI=1S/C15H32N2O/c1-4-14(8-10-18)11-16-13(3)15-7-6-9-17(5-2)12-15/h13-16,18H,4-12H2,1-3H3. The molecule has 0 aromatic heterocycles. The molecule has 3 atom stereocenters. The van der Waals surface area contributed by atoms with Crippen LogP contribution in [0, 0.1) is 11.8 Å². The van der Waals surface area contributed by atoms with Crippen LogP contribution in [-0.2, 0) is 0 Å². The fraction of sp³-hybridized carbons (Fsp3) is 1.00. The fourth-order valence-electron chi connectivity index (χ4n) is 2.94. The Morgan fingerprint density at radius 3 is 2.78 bits per heavy atom. The molecule has 2 N–H and O–H groups in total. The highest BCUT2D eigenvalue weighted by molar-refractivity contribution is 4.80. The molecule has 1 rings (SSSR count). The lowest BCUT2D eigenvalue weighted by atomic mass is 9.91. The van der Waals surface area contributed by atoms with Gasteiger partial charge in [-0.3, -0.25) is 0 Å². The topological polar surface area (TPSA) is 35.5 Å². The zero-order valence-electron chi connectivity index (χ0n) is 12.5. The number of aliphatic hydroxyl groups excluding tert-OH is 1. The zero-order valence-corrected chi connectivity index (χ0v) is 12.5. The van der Waals surface area contributed by atoms with Gasteiger partial charge in [0.2, 0.25) is 0 Å². The van der Waals surface area contributed by atoms with E-state index in [4.69, 9.17) is 5.11 Å². The van der Waals surface area contributed by atoms with E-state index < -0.39 is 0 Å². The Morgan fingerprint density at radius 2 is 2.17 bits per heavy atom. The Labute approximate surface area is 113 Å². The summed E-state index contributed by atoms with van der Waals surface area (Å²) in [5, 5.41) is 12.7. The third-order valence-electron chi connectivity index (χ3n) is 4.54. The number of nitrogens with zero attached hydrogens (tertiary/aromatic N) is 1. The molecule has 1 fully saturated rings. The number of likely N-dealkylation sites (tertiary alicyclic amines) is 1. The van der Waals surface area contributed by atoms with Gasteiger partial charge in [0.25, 0.3) is 0 Å². The summed E-state index contributed by atoms with van der Waals surface area (Å²) in [4.78, 5) is 2.57. The predicted molar refractivity (Wildman–Crippen MR) is 77.8 cm³/mol. The molecule has 3 heteroatoms. The number of hydrogen-bond donors (Lipinski definition) is 2. The summed E-state index contributed by atoms with van der Waals surface area (Å²) in [5.74, 6) is 1.42. The van der Waals surface area contributed by atoms with Gasteiger partial charge in [0.15, 0.2) is 0 Å². The molecule has 0 amide bonds. The maximum atomic E-state index is 9.01. The largest absolute Gasteiger partial charge is 0.396 e. The van der Waals surface area contributed by atoms with Crippen molar-refractivity contribution in [1.29, 1.82) is 0 Å². The summed E-state index contributed by atoms with van der Waals surface area (Å²) < 4.78 is 0. The van der Waals surface area contributed by atoms with E-state index >= 15 is 0 Å². The SMILES string of the molecule is CCC(CCO)CNC(C)C1CCCN(CC)C1. The van der Waals surface area contributed by atoms with Gasteiger partial charge in [-0.25, -0.2) is 0 Å². The van der Waals surface area contributed by atoms with E-state index in [0.717, 1.165) is 25.3 Å². The summed E-state index contributed by atoms with van der Waals surface area (Å²) in [7, 11) is 0. The molecule has 1 saturated heterocycles. The molecule has 0 radical (unpaired) electrons. The molecule has 1 aliphatic rings. The van der Waals surface area contributed by atoms with Crippen LogP contribution >= 0.6 is 0 Å². The number of aliphatic hydroxyl groups is 1. The van der Waals surface area contributed by atoms with Crippen molar-refractivity contribution in [3.63, 3.8) is 0 Å². The van der Waals surface area contributed by atoms with Gasteiger partial charge in [-0.2, -0.15) is 0 Å². The smallest absolute Gasteiger partial charge is 0.0434 e. The average Bonchev–Trinajstić information content (AvgIpc) is 2.43. The maximum absolute atomic E-state index is 9.01. The van der Waals surface area contributed by atoms with E-state index in [1.54, 1.807) is 0 Å².